The molecule has 2 heterocycles. The first-order valence-corrected chi connectivity index (χ1v) is 7.53. The number of nitrogens with zero attached hydrogens (tertiary/aromatic N) is 3. The van der Waals surface area contributed by atoms with Crippen molar-refractivity contribution in [2.24, 2.45) is 0 Å². The van der Waals surface area contributed by atoms with Gasteiger partial charge in [-0.1, -0.05) is 0 Å². The zero-order chi connectivity index (χ0) is 15.5. The van der Waals surface area contributed by atoms with Gasteiger partial charge in [0.2, 0.25) is 0 Å². The molecule has 0 aliphatic carbocycles. The van der Waals surface area contributed by atoms with Crippen LogP contribution in [0, 0.1) is 0 Å². The summed E-state index contributed by atoms with van der Waals surface area (Å²) in [6, 6.07) is 5.55. The van der Waals surface area contributed by atoms with Gasteiger partial charge < -0.3 is 5.11 Å². The fraction of sp³-hybridized carbons (Fsp3) is 0.154. The quantitative estimate of drug-likeness (QED) is 0.896. The van der Waals surface area contributed by atoms with Crippen LogP contribution in [-0.4, -0.2) is 36.0 Å². The molecule has 0 fully saturated rings. The van der Waals surface area contributed by atoms with Crippen LogP contribution in [0.15, 0.2) is 47.9 Å². The lowest BCUT2D eigenvalue weighted by molar-refractivity contribution is 0.0696. The van der Waals surface area contributed by atoms with Crippen molar-refractivity contribution in [2.45, 2.75) is 11.9 Å². The summed E-state index contributed by atoms with van der Waals surface area (Å²) in [5.74, 6) is -1.16. The van der Waals surface area contributed by atoms with E-state index in [0.717, 1.165) is 6.20 Å². The third kappa shape index (κ3) is 3.00. The highest BCUT2D eigenvalue weighted by atomic mass is 32.2. The number of aromatic nitrogens is 2. The number of carboxylic acids is 1. The van der Waals surface area contributed by atoms with Gasteiger partial charge in [-0.25, -0.2) is 9.78 Å². The second-order valence-electron chi connectivity index (χ2n) is 4.07. The van der Waals surface area contributed by atoms with Crippen molar-refractivity contribution in [3.63, 3.8) is 0 Å². The summed E-state index contributed by atoms with van der Waals surface area (Å²) < 4.78 is 26.3. The highest BCUT2D eigenvalue weighted by molar-refractivity contribution is 7.92. The highest BCUT2D eigenvalue weighted by Gasteiger charge is 2.25. The van der Waals surface area contributed by atoms with E-state index in [2.05, 4.69) is 9.97 Å². The van der Waals surface area contributed by atoms with Crippen LogP contribution in [-0.2, 0) is 10.0 Å². The number of carboxylic acid groups (broad SMARTS) is 1. The Kier molecular flexibility index (Phi) is 4.18. The number of pyridine rings is 2. The van der Waals surface area contributed by atoms with Crippen LogP contribution in [0.4, 0.5) is 5.69 Å². The number of anilines is 1. The topological polar surface area (TPSA) is 100 Å². The average molecular weight is 307 g/mol. The molecule has 0 aliphatic heterocycles. The molecule has 0 aromatic carbocycles. The Bertz CT molecular complexity index is 730. The largest absolute Gasteiger partial charge is 0.478 e. The number of hydrogen-bond donors (Lipinski definition) is 1. The predicted molar refractivity (Wildman–Crippen MR) is 75.6 cm³/mol. The Morgan fingerprint density at radius 2 is 1.90 bits per heavy atom. The molecule has 110 valence electrons. The van der Waals surface area contributed by atoms with Gasteiger partial charge in [0.1, 0.15) is 0 Å². The summed E-state index contributed by atoms with van der Waals surface area (Å²) in [5, 5.41) is 8.60. The van der Waals surface area contributed by atoms with E-state index in [9.17, 15) is 13.2 Å². The van der Waals surface area contributed by atoms with E-state index in [1.807, 2.05) is 0 Å². The van der Waals surface area contributed by atoms with Crippen molar-refractivity contribution >= 4 is 21.7 Å². The fourth-order valence-corrected chi connectivity index (χ4v) is 3.16. The van der Waals surface area contributed by atoms with Crippen LogP contribution < -0.4 is 4.31 Å². The standard InChI is InChI=1S/C13H13N3O4S/c1-2-16(11-5-7-14-8-6-11)21(19,20)12-4-3-10(9-15-12)13(17)18/h3-9H,2H2,1H3,(H,17,18). The summed E-state index contributed by atoms with van der Waals surface area (Å²) in [4.78, 5) is 18.4. The Balaban J connectivity index is 2.42. The third-order valence-electron chi connectivity index (χ3n) is 2.78. The zero-order valence-electron chi connectivity index (χ0n) is 11.2. The van der Waals surface area contributed by atoms with Crippen molar-refractivity contribution in [3.05, 3.63) is 48.4 Å². The second kappa shape index (κ2) is 5.88. The first kappa shape index (κ1) is 14.9. The molecule has 7 nitrogen and oxygen atoms in total. The molecule has 0 unspecified atom stereocenters. The smallest absolute Gasteiger partial charge is 0.337 e. The molecule has 8 heteroatoms. The molecule has 21 heavy (non-hydrogen) atoms. The maximum atomic E-state index is 12.5. The van der Waals surface area contributed by atoms with Gasteiger partial charge in [-0.3, -0.25) is 9.29 Å². The SMILES string of the molecule is CCN(c1ccncc1)S(=O)(=O)c1ccc(C(=O)O)cn1. The lowest BCUT2D eigenvalue weighted by Gasteiger charge is -2.22. The highest BCUT2D eigenvalue weighted by Crippen LogP contribution is 2.21. The molecular weight excluding hydrogens is 294 g/mol. The number of rotatable bonds is 5. The maximum Gasteiger partial charge on any atom is 0.337 e. The third-order valence-corrected chi connectivity index (χ3v) is 4.60. The average Bonchev–Trinajstić information content (AvgIpc) is 2.49. The van der Waals surface area contributed by atoms with E-state index in [1.165, 1.54) is 28.8 Å². The van der Waals surface area contributed by atoms with Crippen LogP contribution in [0.1, 0.15) is 17.3 Å². The minimum absolute atomic E-state index is 0.0686. The van der Waals surface area contributed by atoms with E-state index in [4.69, 9.17) is 5.11 Å². The van der Waals surface area contributed by atoms with Crippen LogP contribution in [0.5, 0.6) is 0 Å². The molecule has 2 rings (SSSR count). The molecule has 1 N–H and O–H groups in total. The maximum absolute atomic E-state index is 12.5. The fourth-order valence-electron chi connectivity index (χ4n) is 1.77. The van der Waals surface area contributed by atoms with Gasteiger partial charge in [-0.15, -0.1) is 0 Å². The van der Waals surface area contributed by atoms with Crippen LogP contribution in [0.2, 0.25) is 0 Å². The molecule has 0 radical (unpaired) electrons. The Labute approximate surface area is 121 Å². The predicted octanol–water partition coefficient (Wildman–Crippen LogP) is 1.39. The Morgan fingerprint density at radius 3 is 2.38 bits per heavy atom. The van der Waals surface area contributed by atoms with Gasteiger partial charge >= 0.3 is 5.97 Å². The van der Waals surface area contributed by atoms with Crippen molar-refractivity contribution in [1.29, 1.82) is 0 Å². The summed E-state index contributed by atoms with van der Waals surface area (Å²) in [6.45, 7) is 1.91. The lowest BCUT2D eigenvalue weighted by Crippen LogP contribution is -2.31. The van der Waals surface area contributed by atoms with E-state index >= 15 is 0 Å². The molecule has 0 amide bonds. The molecule has 0 atom stereocenters. The minimum Gasteiger partial charge on any atom is -0.478 e. The first-order chi connectivity index (χ1) is 9.96. The van der Waals surface area contributed by atoms with Gasteiger partial charge in [0, 0.05) is 25.1 Å². The first-order valence-electron chi connectivity index (χ1n) is 6.09. The second-order valence-corrected chi connectivity index (χ2v) is 5.87. The van der Waals surface area contributed by atoms with Crippen molar-refractivity contribution < 1.29 is 18.3 Å². The number of sulfonamides is 1. The Morgan fingerprint density at radius 1 is 1.24 bits per heavy atom. The lowest BCUT2D eigenvalue weighted by atomic mass is 10.3. The van der Waals surface area contributed by atoms with Gasteiger partial charge in [0.15, 0.2) is 5.03 Å². The molecule has 2 aromatic heterocycles. The van der Waals surface area contributed by atoms with Crippen LogP contribution in [0.3, 0.4) is 0 Å². The van der Waals surface area contributed by atoms with Crippen LogP contribution in [0.25, 0.3) is 0 Å². The van der Waals surface area contributed by atoms with Crippen LogP contribution >= 0.6 is 0 Å². The zero-order valence-corrected chi connectivity index (χ0v) is 12.0. The summed E-state index contributed by atoms with van der Waals surface area (Å²) in [5.41, 5.74) is 0.400. The van der Waals surface area contributed by atoms with Gasteiger partial charge in [-0.2, -0.15) is 8.42 Å². The number of carbonyl (C=O) groups is 1. The minimum atomic E-state index is -3.85. The summed E-state index contributed by atoms with van der Waals surface area (Å²) in [6.07, 6.45) is 4.01. The summed E-state index contributed by atoms with van der Waals surface area (Å²) >= 11 is 0. The van der Waals surface area contributed by atoms with Gasteiger partial charge in [-0.05, 0) is 31.2 Å². The summed E-state index contributed by atoms with van der Waals surface area (Å²) in [7, 11) is -3.85. The van der Waals surface area contributed by atoms with E-state index < -0.39 is 16.0 Å². The van der Waals surface area contributed by atoms with E-state index in [1.54, 1.807) is 19.1 Å². The van der Waals surface area contributed by atoms with Gasteiger partial charge in [0.05, 0.1) is 11.3 Å². The van der Waals surface area contributed by atoms with E-state index in [-0.39, 0.29) is 17.1 Å². The number of hydrogen-bond acceptors (Lipinski definition) is 5. The molecule has 2 aromatic rings. The van der Waals surface area contributed by atoms with E-state index in [0.29, 0.717) is 5.69 Å². The molecule has 0 saturated carbocycles. The molecule has 0 bridgehead atoms. The molecular formula is C13H13N3O4S. The van der Waals surface area contributed by atoms with Gasteiger partial charge in [0.25, 0.3) is 10.0 Å². The van der Waals surface area contributed by atoms with Crippen molar-refractivity contribution in [1.82, 2.24) is 9.97 Å². The molecule has 0 saturated heterocycles. The number of aromatic carboxylic acids is 1. The molecule has 0 spiro atoms. The normalized spacial score (nSPS) is 11.1. The monoisotopic (exact) mass is 307 g/mol. The Hall–Kier alpha value is -2.48. The molecule has 0 aliphatic rings. The van der Waals surface area contributed by atoms with Crippen molar-refractivity contribution in [2.75, 3.05) is 10.8 Å². The van der Waals surface area contributed by atoms with Crippen molar-refractivity contribution in [3.8, 4) is 0 Å².